The van der Waals surface area contributed by atoms with E-state index in [-0.39, 0.29) is 0 Å². The molecule has 1 aromatic rings. The van der Waals surface area contributed by atoms with Crippen LogP contribution in [0.15, 0.2) is 24.3 Å². The van der Waals surface area contributed by atoms with Crippen LogP contribution >= 0.6 is 0 Å². The third-order valence-electron chi connectivity index (χ3n) is 4.06. The minimum absolute atomic E-state index is 0.478. The second-order valence-corrected chi connectivity index (χ2v) is 5.60. The minimum atomic E-state index is 0.478. The molecular formula is C17H27NO. The van der Waals surface area contributed by atoms with E-state index in [1.165, 1.54) is 49.7 Å². The first-order valence-electron chi connectivity index (χ1n) is 7.68. The molecule has 0 aromatic heterocycles. The highest BCUT2D eigenvalue weighted by atomic mass is 16.5. The van der Waals surface area contributed by atoms with Crippen LogP contribution in [0, 0.1) is 0 Å². The Balaban J connectivity index is 2.10. The highest BCUT2D eigenvalue weighted by Gasteiger charge is 2.20. The summed E-state index contributed by atoms with van der Waals surface area (Å²) in [5.41, 5.74) is 3.04. The van der Waals surface area contributed by atoms with Gasteiger partial charge < -0.3 is 10.1 Å². The Labute approximate surface area is 117 Å². The summed E-state index contributed by atoms with van der Waals surface area (Å²) in [6.07, 6.45) is 7.51. The molecule has 0 aliphatic heterocycles. The van der Waals surface area contributed by atoms with Gasteiger partial charge in [0.05, 0.1) is 6.61 Å². The molecule has 1 N–H and O–H groups in total. The first-order chi connectivity index (χ1) is 9.35. The van der Waals surface area contributed by atoms with Crippen molar-refractivity contribution in [2.45, 2.75) is 57.5 Å². The first-order valence-corrected chi connectivity index (χ1v) is 7.68. The Bertz CT molecular complexity index is 371. The maximum Gasteiger partial charge on any atom is 0.0616 e. The molecule has 0 saturated heterocycles. The number of hydrogen-bond acceptors (Lipinski definition) is 2. The molecule has 0 radical (unpaired) electrons. The van der Waals surface area contributed by atoms with Gasteiger partial charge >= 0.3 is 0 Å². The molecule has 0 fully saturated rings. The van der Waals surface area contributed by atoms with Gasteiger partial charge in [-0.2, -0.15) is 0 Å². The van der Waals surface area contributed by atoms with E-state index in [4.69, 9.17) is 4.74 Å². The lowest BCUT2D eigenvalue weighted by Crippen LogP contribution is -2.36. The number of rotatable bonds is 6. The van der Waals surface area contributed by atoms with Gasteiger partial charge in [-0.15, -0.1) is 0 Å². The smallest absolute Gasteiger partial charge is 0.0616 e. The highest BCUT2D eigenvalue weighted by molar-refractivity contribution is 5.31. The lowest BCUT2D eigenvalue weighted by molar-refractivity contribution is 0.154. The van der Waals surface area contributed by atoms with Gasteiger partial charge in [0.1, 0.15) is 0 Å². The number of nitrogens with one attached hydrogen (secondary N) is 1. The van der Waals surface area contributed by atoms with Gasteiger partial charge in [0.15, 0.2) is 0 Å². The summed E-state index contributed by atoms with van der Waals surface area (Å²) in [6.45, 7) is 3.05. The number of methoxy groups -OCH3 is 1. The molecular weight excluding hydrogens is 234 g/mol. The maximum absolute atomic E-state index is 5.35. The third-order valence-corrected chi connectivity index (χ3v) is 4.06. The molecule has 2 nitrogen and oxygen atoms in total. The van der Waals surface area contributed by atoms with Crippen LogP contribution in [0.25, 0.3) is 0 Å². The zero-order chi connectivity index (χ0) is 13.5. The maximum atomic E-state index is 5.35. The molecule has 19 heavy (non-hydrogen) atoms. The molecule has 2 heteroatoms. The standard InChI is InChI=1S/C17H27NO/c1-3-8-15(13-19-2)18-17-12-7-5-10-14-9-4-6-11-16(14)17/h4,6,9,11,15,17-18H,3,5,7-8,10,12-13H2,1-2H3. The normalized spacial score (nSPS) is 20.6. The largest absolute Gasteiger partial charge is 0.383 e. The molecule has 2 rings (SSSR count). The van der Waals surface area contributed by atoms with Crippen LogP contribution in [0.5, 0.6) is 0 Å². The van der Waals surface area contributed by atoms with E-state index in [1.807, 2.05) is 0 Å². The SMILES string of the molecule is CCCC(COC)NC1CCCCc2ccccc21. The lowest BCUT2D eigenvalue weighted by atomic mass is 9.98. The van der Waals surface area contributed by atoms with Crippen molar-refractivity contribution in [3.63, 3.8) is 0 Å². The van der Waals surface area contributed by atoms with Gasteiger partial charge in [0.2, 0.25) is 0 Å². The van der Waals surface area contributed by atoms with Crippen molar-refractivity contribution < 1.29 is 4.74 Å². The monoisotopic (exact) mass is 261 g/mol. The van der Waals surface area contributed by atoms with Gasteiger partial charge in [-0.1, -0.05) is 44.0 Å². The first kappa shape index (κ1) is 14.5. The summed E-state index contributed by atoms with van der Waals surface area (Å²) in [5.74, 6) is 0. The summed E-state index contributed by atoms with van der Waals surface area (Å²) in [5, 5.41) is 3.83. The van der Waals surface area contributed by atoms with E-state index in [9.17, 15) is 0 Å². The molecule has 1 aliphatic carbocycles. The molecule has 2 atom stereocenters. The Kier molecular flexibility index (Phi) is 5.87. The van der Waals surface area contributed by atoms with Gasteiger partial charge in [-0.25, -0.2) is 0 Å². The van der Waals surface area contributed by atoms with Crippen molar-refractivity contribution in [1.82, 2.24) is 5.32 Å². The second kappa shape index (κ2) is 7.66. The van der Waals surface area contributed by atoms with Crippen molar-refractivity contribution in [2.24, 2.45) is 0 Å². The Hall–Kier alpha value is -0.860. The molecule has 0 bridgehead atoms. The van der Waals surface area contributed by atoms with Gasteiger partial charge in [-0.05, 0) is 36.8 Å². The Morgan fingerprint density at radius 2 is 2.16 bits per heavy atom. The highest BCUT2D eigenvalue weighted by Crippen LogP contribution is 2.29. The van der Waals surface area contributed by atoms with Crippen molar-refractivity contribution in [3.05, 3.63) is 35.4 Å². The van der Waals surface area contributed by atoms with Crippen molar-refractivity contribution >= 4 is 0 Å². The molecule has 0 saturated carbocycles. The van der Waals surface area contributed by atoms with E-state index in [0.717, 1.165) is 6.61 Å². The zero-order valence-corrected chi connectivity index (χ0v) is 12.3. The quantitative estimate of drug-likeness (QED) is 0.785. The van der Waals surface area contributed by atoms with Gasteiger partial charge in [-0.3, -0.25) is 0 Å². The number of hydrogen-bond donors (Lipinski definition) is 1. The van der Waals surface area contributed by atoms with E-state index in [0.29, 0.717) is 12.1 Å². The minimum Gasteiger partial charge on any atom is -0.383 e. The summed E-state index contributed by atoms with van der Waals surface area (Å²) in [7, 11) is 1.80. The molecule has 0 heterocycles. The van der Waals surface area contributed by atoms with Crippen LogP contribution in [0.1, 0.15) is 56.2 Å². The number of fused-ring (bicyclic) bond motifs is 1. The predicted molar refractivity (Wildman–Crippen MR) is 80.4 cm³/mol. The number of aryl methyl sites for hydroxylation is 1. The zero-order valence-electron chi connectivity index (χ0n) is 12.3. The van der Waals surface area contributed by atoms with Crippen LogP contribution in [-0.4, -0.2) is 19.8 Å². The van der Waals surface area contributed by atoms with Gasteiger partial charge in [0, 0.05) is 19.2 Å². The van der Waals surface area contributed by atoms with Crippen molar-refractivity contribution in [2.75, 3.05) is 13.7 Å². The average molecular weight is 261 g/mol. The Morgan fingerprint density at radius 3 is 2.95 bits per heavy atom. The fraction of sp³-hybridized carbons (Fsp3) is 0.647. The van der Waals surface area contributed by atoms with E-state index < -0.39 is 0 Å². The topological polar surface area (TPSA) is 21.3 Å². The molecule has 1 aliphatic rings. The average Bonchev–Trinajstić information content (AvgIpc) is 2.62. The van der Waals surface area contributed by atoms with Crippen molar-refractivity contribution in [3.8, 4) is 0 Å². The van der Waals surface area contributed by atoms with Gasteiger partial charge in [0.25, 0.3) is 0 Å². The summed E-state index contributed by atoms with van der Waals surface area (Å²) in [6, 6.07) is 9.91. The molecule has 0 amide bonds. The summed E-state index contributed by atoms with van der Waals surface area (Å²) >= 11 is 0. The Morgan fingerprint density at radius 1 is 1.32 bits per heavy atom. The summed E-state index contributed by atoms with van der Waals surface area (Å²) < 4.78 is 5.35. The van der Waals surface area contributed by atoms with Crippen LogP contribution in [0.3, 0.4) is 0 Å². The second-order valence-electron chi connectivity index (χ2n) is 5.60. The van der Waals surface area contributed by atoms with E-state index in [1.54, 1.807) is 7.11 Å². The van der Waals surface area contributed by atoms with Crippen LogP contribution < -0.4 is 5.32 Å². The summed E-state index contributed by atoms with van der Waals surface area (Å²) in [4.78, 5) is 0. The van der Waals surface area contributed by atoms with E-state index >= 15 is 0 Å². The molecule has 2 unspecified atom stereocenters. The van der Waals surface area contributed by atoms with Crippen LogP contribution in [-0.2, 0) is 11.2 Å². The molecule has 0 spiro atoms. The van der Waals surface area contributed by atoms with E-state index in [2.05, 4.69) is 36.5 Å². The third kappa shape index (κ3) is 4.05. The number of ether oxygens (including phenoxy) is 1. The van der Waals surface area contributed by atoms with Crippen LogP contribution in [0.2, 0.25) is 0 Å². The lowest BCUT2D eigenvalue weighted by Gasteiger charge is -2.26. The fourth-order valence-electron chi connectivity index (χ4n) is 3.14. The molecule has 1 aromatic carbocycles. The molecule has 106 valence electrons. The van der Waals surface area contributed by atoms with Crippen LogP contribution in [0.4, 0.5) is 0 Å². The predicted octanol–water partition coefficient (Wildman–Crippen LogP) is 3.86. The van der Waals surface area contributed by atoms with Crippen molar-refractivity contribution in [1.29, 1.82) is 0 Å². The fourth-order valence-corrected chi connectivity index (χ4v) is 3.14. The number of benzene rings is 1.